The molecule has 1 aromatic rings. The predicted octanol–water partition coefficient (Wildman–Crippen LogP) is 1.38. The standard InChI is InChI=1S/C7H10N2O/c1-5-2-3-7(9-10)6(8)4-5/h2-4,9-10H,8H2,1H3. The van der Waals surface area contributed by atoms with Gasteiger partial charge in [-0.15, -0.1) is 0 Å². The molecule has 54 valence electrons. The zero-order valence-corrected chi connectivity index (χ0v) is 5.76. The van der Waals surface area contributed by atoms with Crippen LogP contribution in [0.1, 0.15) is 5.56 Å². The molecule has 0 radical (unpaired) electrons. The number of nitrogens with two attached hydrogens (primary N) is 1. The summed E-state index contributed by atoms with van der Waals surface area (Å²) in [4.78, 5) is 0. The number of hydrogen-bond donors (Lipinski definition) is 3. The minimum atomic E-state index is 0.547. The fraction of sp³-hybridized carbons (Fsp3) is 0.143. The van der Waals surface area contributed by atoms with Gasteiger partial charge in [0.2, 0.25) is 0 Å². The average Bonchev–Trinajstić information content (AvgIpc) is 1.88. The zero-order valence-electron chi connectivity index (χ0n) is 5.76. The summed E-state index contributed by atoms with van der Waals surface area (Å²) in [6, 6.07) is 5.39. The normalized spacial score (nSPS) is 9.40. The van der Waals surface area contributed by atoms with Gasteiger partial charge < -0.3 is 5.73 Å². The molecule has 0 atom stereocenters. The van der Waals surface area contributed by atoms with Crippen LogP contribution in [-0.2, 0) is 0 Å². The molecule has 1 aromatic carbocycles. The van der Waals surface area contributed by atoms with Gasteiger partial charge in [0.05, 0.1) is 11.4 Å². The molecule has 0 saturated carbocycles. The van der Waals surface area contributed by atoms with E-state index in [4.69, 9.17) is 10.9 Å². The van der Waals surface area contributed by atoms with Crippen LogP contribution in [0.3, 0.4) is 0 Å². The van der Waals surface area contributed by atoms with Crippen LogP contribution in [0.5, 0.6) is 0 Å². The van der Waals surface area contributed by atoms with Gasteiger partial charge in [-0.05, 0) is 24.6 Å². The Labute approximate surface area is 59.4 Å². The third kappa shape index (κ3) is 1.19. The maximum absolute atomic E-state index is 8.48. The van der Waals surface area contributed by atoms with Gasteiger partial charge in [0.25, 0.3) is 0 Å². The Bertz CT molecular complexity index is 235. The van der Waals surface area contributed by atoms with Crippen molar-refractivity contribution in [3.8, 4) is 0 Å². The van der Waals surface area contributed by atoms with E-state index in [2.05, 4.69) is 0 Å². The molecule has 0 amide bonds. The fourth-order valence-corrected chi connectivity index (χ4v) is 0.784. The quantitative estimate of drug-likeness (QED) is 0.406. The lowest BCUT2D eigenvalue weighted by molar-refractivity contribution is 0.389. The van der Waals surface area contributed by atoms with Crippen molar-refractivity contribution < 1.29 is 5.21 Å². The van der Waals surface area contributed by atoms with Crippen LogP contribution >= 0.6 is 0 Å². The Morgan fingerprint density at radius 3 is 2.70 bits per heavy atom. The summed E-state index contributed by atoms with van der Waals surface area (Å²) in [5.74, 6) is 0. The third-order valence-corrected chi connectivity index (χ3v) is 1.33. The van der Waals surface area contributed by atoms with E-state index in [0.717, 1.165) is 5.56 Å². The Balaban J connectivity index is 3.07. The van der Waals surface area contributed by atoms with Gasteiger partial charge in [0.15, 0.2) is 0 Å². The van der Waals surface area contributed by atoms with Crippen LogP contribution in [-0.4, -0.2) is 5.21 Å². The van der Waals surface area contributed by atoms with Crippen LogP contribution < -0.4 is 11.2 Å². The minimum Gasteiger partial charge on any atom is -0.397 e. The van der Waals surface area contributed by atoms with E-state index in [9.17, 15) is 0 Å². The minimum absolute atomic E-state index is 0.547. The summed E-state index contributed by atoms with van der Waals surface area (Å²) in [6.45, 7) is 1.94. The van der Waals surface area contributed by atoms with Gasteiger partial charge in [0.1, 0.15) is 0 Å². The molecule has 0 saturated heterocycles. The Morgan fingerprint density at radius 2 is 2.20 bits per heavy atom. The van der Waals surface area contributed by atoms with Crippen molar-refractivity contribution in [2.75, 3.05) is 11.2 Å². The van der Waals surface area contributed by atoms with E-state index >= 15 is 0 Å². The first kappa shape index (κ1) is 6.89. The van der Waals surface area contributed by atoms with E-state index in [1.807, 2.05) is 18.5 Å². The van der Waals surface area contributed by atoms with Gasteiger partial charge >= 0.3 is 0 Å². The first-order valence-electron chi connectivity index (χ1n) is 3.00. The number of nitrogens with one attached hydrogen (secondary N) is 1. The van der Waals surface area contributed by atoms with Crippen molar-refractivity contribution in [1.82, 2.24) is 0 Å². The van der Waals surface area contributed by atoms with Crippen molar-refractivity contribution in [1.29, 1.82) is 0 Å². The largest absolute Gasteiger partial charge is 0.397 e. The molecule has 0 aromatic heterocycles. The highest BCUT2D eigenvalue weighted by Gasteiger charge is 1.94. The van der Waals surface area contributed by atoms with Crippen molar-refractivity contribution in [3.63, 3.8) is 0 Å². The summed E-state index contributed by atoms with van der Waals surface area (Å²) in [7, 11) is 0. The molecule has 10 heavy (non-hydrogen) atoms. The summed E-state index contributed by atoms with van der Waals surface area (Å²) >= 11 is 0. The second kappa shape index (κ2) is 2.58. The number of anilines is 2. The highest BCUT2D eigenvalue weighted by Crippen LogP contribution is 2.17. The van der Waals surface area contributed by atoms with Gasteiger partial charge in [-0.3, -0.25) is 10.7 Å². The van der Waals surface area contributed by atoms with Crippen LogP contribution in [0.25, 0.3) is 0 Å². The number of nitrogen functional groups attached to an aromatic ring is 1. The van der Waals surface area contributed by atoms with Crippen molar-refractivity contribution in [2.24, 2.45) is 0 Å². The number of rotatable bonds is 1. The van der Waals surface area contributed by atoms with Gasteiger partial charge in [-0.1, -0.05) is 6.07 Å². The van der Waals surface area contributed by atoms with E-state index < -0.39 is 0 Å². The summed E-state index contributed by atoms with van der Waals surface area (Å²) in [5, 5.41) is 8.48. The van der Waals surface area contributed by atoms with E-state index in [1.54, 1.807) is 12.1 Å². The Kier molecular flexibility index (Phi) is 1.78. The molecule has 0 aliphatic carbocycles. The average molecular weight is 138 g/mol. The van der Waals surface area contributed by atoms with Gasteiger partial charge in [-0.25, -0.2) is 0 Å². The molecular formula is C7H10N2O. The molecule has 0 aliphatic rings. The summed E-state index contributed by atoms with van der Waals surface area (Å²) in [5.41, 5.74) is 9.69. The Hall–Kier alpha value is -1.22. The molecule has 4 N–H and O–H groups in total. The molecule has 0 bridgehead atoms. The van der Waals surface area contributed by atoms with Gasteiger partial charge in [0, 0.05) is 0 Å². The maximum atomic E-state index is 8.48. The molecule has 1 rings (SSSR count). The first-order valence-corrected chi connectivity index (χ1v) is 3.00. The molecule has 0 fully saturated rings. The van der Waals surface area contributed by atoms with Crippen LogP contribution in [0.15, 0.2) is 18.2 Å². The SMILES string of the molecule is Cc1ccc(NO)c(N)c1. The monoisotopic (exact) mass is 138 g/mol. The first-order chi connectivity index (χ1) is 4.74. The Morgan fingerprint density at radius 1 is 1.50 bits per heavy atom. The molecule has 0 unspecified atom stereocenters. The number of hydrogen-bond acceptors (Lipinski definition) is 3. The van der Waals surface area contributed by atoms with E-state index in [0.29, 0.717) is 11.4 Å². The second-order valence-electron chi connectivity index (χ2n) is 2.20. The number of aryl methyl sites for hydroxylation is 1. The predicted molar refractivity (Wildman–Crippen MR) is 41.0 cm³/mol. The molecule has 0 aliphatic heterocycles. The molecular weight excluding hydrogens is 128 g/mol. The van der Waals surface area contributed by atoms with Crippen LogP contribution in [0.4, 0.5) is 11.4 Å². The maximum Gasteiger partial charge on any atom is 0.0831 e. The van der Waals surface area contributed by atoms with E-state index in [1.165, 1.54) is 0 Å². The lowest BCUT2D eigenvalue weighted by Crippen LogP contribution is -1.95. The summed E-state index contributed by atoms with van der Waals surface area (Å²) in [6.07, 6.45) is 0. The summed E-state index contributed by atoms with van der Waals surface area (Å²) < 4.78 is 0. The zero-order chi connectivity index (χ0) is 7.56. The highest BCUT2D eigenvalue weighted by molar-refractivity contribution is 5.65. The van der Waals surface area contributed by atoms with Crippen molar-refractivity contribution in [3.05, 3.63) is 23.8 Å². The lowest BCUT2D eigenvalue weighted by atomic mass is 10.2. The van der Waals surface area contributed by atoms with Crippen molar-refractivity contribution in [2.45, 2.75) is 6.92 Å². The third-order valence-electron chi connectivity index (χ3n) is 1.33. The number of benzene rings is 1. The van der Waals surface area contributed by atoms with Crippen LogP contribution in [0.2, 0.25) is 0 Å². The second-order valence-corrected chi connectivity index (χ2v) is 2.20. The van der Waals surface area contributed by atoms with Crippen molar-refractivity contribution >= 4 is 11.4 Å². The molecule has 3 heteroatoms. The topological polar surface area (TPSA) is 58.3 Å². The molecule has 0 spiro atoms. The fourth-order valence-electron chi connectivity index (χ4n) is 0.784. The molecule has 3 nitrogen and oxygen atoms in total. The lowest BCUT2D eigenvalue weighted by Gasteiger charge is -2.02. The molecule has 0 heterocycles. The van der Waals surface area contributed by atoms with Gasteiger partial charge in [-0.2, -0.15) is 0 Å². The smallest absolute Gasteiger partial charge is 0.0831 e. The van der Waals surface area contributed by atoms with E-state index in [-0.39, 0.29) is 0 Å². The highest BCUT2D eigenvalue weighted by atomic mass is 16.5. The van der Waals surface area contributed by atoms with Crippen LogP contribution in [0, 0.1) is 6.92 Å².